The van der Waals surface area contributed by atoms with E-state index in [1.807, 2.05) is 12.1 Å². The Morgan fingerprint density at radius 2 is 2.06 bits per heavy atom. The van der Waals surface area contributed by atoms with E-state index in [0.717, 1.165) is 31.3 Å². The van der Waals surface area contributed by atoms with Crippen molar-refractivity contribution in [2.24, 2.45) is 5.92 Å². The van der Waals surface area contributed by atoms with Gasteiger partial charge in [0.25, 0.3) is 0 Å². The lowest BCUT2D eigenvalue weighted by molar-refractivity contribution is 0.415. The van der Waals surface area contributed by atoms with Crippen molar-refractivity contribution in [3.8, 4) is 5.75 Å². The first kappa shape index (κ1) is 13.2. The second-order valence-electron chi connectivity index (χ2n) is 5.36. The number of benzene rings is 1. The quantitative estimate of drug-likeness (QED) is 0.866. The van der Waals surface area contributed by atoms with E-state index in [2.05, 4.69) is 36.2 Å². The Morgan fingerprint density at radius 3 is 2.67 bits per heavy atom. The largest absolute Gasteiger partial charge is 0.497 e. The normalized spacial score (nSPS) is 19.6. The smallest absolute Gasteiger partial charge is 0.119 e. The molecule has 1 aliphatic heterocycles. The molecule has 0 radical (unpaired) electrons. The molecule has 1 heterocycles. The third-order valence-corrected chi connectivity index (χ3v) is 3.54. The number of hydrogen-bond acceptors (Lipinski definition) is 3. The number of hydrogen-bond donors (Lipinski definition) is 1. The summed E-state index contributed by atoms with van der Waals surface area (Å²) in [6, 6.07) is 8.96. The Balaban J connectivity index is 1.87. The highest BCUT2D eigenvalue weighted by Crippen LogP contribution is 2.25. The van der Waals surface area contributed by atoms with Gasteiger partial charge in [0.1, 0.15) is 5.75 Å². The lowest BCUT2D eigenvalue weighted by Crippen LogP contribution is -2.30. The molecule has 0 aliphatic carbocycles. The molecule has 2 rings (SSSR count). The van der Waals surface area contributed by atoms with E-state index in [9.17, 15) is 0 Å². The van der Waals surface area contributed by atoms with E-state index in [4.69, 9.17) is 4.74 Å². The molecule has 1 aromatic rings. The monoisotopic (exact) mass is 248 g/mol. The van der Waals surface area contributed by atoms with E-state index in [1.165, 1.54) is 12.1 Å². The molecule has 18 heavy (non-hydrogen) atoms. The molecule has 0 aromatic heterocycles. The predicted octanol–water partition coefficient (Wildman–Crippen LogP) is 2.52. The fraction of sp³-hybridized carbons (Fsp3) is 0.600. The van der Waals surface area contributed by atoms with Gasteiger partial charge in [0.15, 0.2) is 0 Å². The Kier molecular flexibility index (Phi) is 4.48. The van der Waals surface area contributed by atoms with E-state index in [1.54, 1.807) is 7.11 Å². The van der Waals surface area contributed by atoms with Crippen LogP contribution in [0.4, 0.5) is 5.69 Å². The van der Waals surface area contributed by atoms with Crippen LogP contribution in [0, 0.1) is 5.92 Å². The fourth-order valence-corrected chi connectivity index (χ4v) is 2.43. The second-order valence-corrected chi connectivity index (χ2v) is 5.36. The molecule has 1 aromatic carbocycles. The van der Waals surface area contributed by atoms with Gasteiger partial charge in [0, 0.05) is 24.8 Å². The van der Waals surface area contributed by atoms with E-state index >= 15 is 0 Å². The van der Waals surface area contributed by atoms with Crippen molar-refractivity contribution in [1.82, 2.24) is 5.32 Å². The first-order chi connectivity index (χ1) is 8.69. The van der Waals surface area contributed by atoms with Crippen LogP contribution in [0.3, 0.4) is 0 Å². The van der Waals surface area contributed by atoms with Crippen LogP contribution in [-0.2, 0) is 0 Å². The zero-order chi connectivity index (χ0) is 13.0. The van der Waals surface area contributed by atoms with Crippen molar-refractivity contribution in [3.05, 3.63) is 24.3 Å². The van der Waals surface area contributed by atoms with Gasteiger partial charge in [-0.1, -0.05) is 13.8 Å². The maximum absolute atomic E-state index is 5.19. The molecule has 1 fully saturated rings. The van der Waals surface area contributed by atoms with Gasteiger partial charge in [0.05, 0.1) is 7.11 Å². The third kappa shape index (κ3) is 3.39. The van der Waals surface area contributed by atoms with Gasteiger partial charge in [-0.2, -0.15) is 0 Å². The Hall–Kier alpha value is -1.22. The lowest BCUT2D eigenvalue weighted by atomic mass is 10.1. The van der Waals surface area contributed by atoms with Crippen LogP contribution >= 0.6 is 0 Å². The van der Waals surface area contributed by atoms with Gasteiger partial charge in [-0.3, -0.25) is 0 Å². The number of nitrogens with zero attached hydrogens (tertiary/aromatic N) is 1. The average Bonchev–Trinajstić information content (AvgIpc) is 2.85. The van der Waals surface area contributed by atoms with Crippen LogP contribution in [0.1, 0.15) is 20.3 Å². The SMILES string of the molecule is COc1ccc(N2CCC(CNC(C)C)C2)cc1. The molecule has 0 saturated carbocycles. The van der Waals surface area contributed by atoms with Crippen molar-refractivity contribution >= 4 is 5.69 Å². The van der Waals surface area contributed by atoms with Crippen LogP contribution < -0.4 is 15.0 Å². The molecular formula is C15H24N2O. The molecule has 1 N–H and O–H groups in total. The molecule has 0 amide bonds. The summed E-state index contributed by atoms with van der Waals surface area (Å²) in [6.07, 6.45) is 1.28. The zero-order valence-corrected chi connectivity index (χ0v) is 11.6. The molecule has 1 aliphatic rings. The number of ether oxygens (including phenoxy) is 1. The first-order valence-corrected chi connectivity index (χ1v) is 6.81. The molecule has 0 spiro atoms. The van der Waals surface area contributed by atoms with Crippen LogP contribution in [0.15, 0.2) is 24.3 Å². The molecule has 3 nitrogen and oxygen atoms in total. The lowest BCUT2D eigenvalue weighted by Gasteiger charge is -2.19. The van der Waals surface area contributed by atoms with E-state index in [-0.39, 0.29) is 0 Å². The van der Waals surface area contributed by atoms with Crippen molar-refractivity contribution in [2.75, 3.05) is 31.6 Å². The number of methoxy groups -OCH3 is 1. The van der Waals surface area contributed by atoms with Gasteiger partial charge in [-0.25, -0.2) is 0 Å². The van der Waals surface area contributed by atoms with Gasteiger partial charge in [-0.15, -0.1) is 0 Å². The molecule has 1 atom stereocenters. The molecule has 0 bridgehead atoms. The zero-order valence-electron chi connectivity index (χ0n) is 11.6. The highest BCUT2D eigenvalue weighted by atomic mass is 16.5. The Morgan fingerprint density at radius 1 is 1.33 bits per heavy atom. The first-order valence-electron chi connectivity index (χ1n) is 6.81. The van der Waals surface area contributed by atoms with Crippen LogP contribution in [0.2, 0.25) is 0 Å². The van der Waals surface area contributed by atoms with Crippen LogP contribution in [-0.4, -0.2) is 32.8 Å². The minimum atomic E-state index is 0.583. The third-order valence-electron chi connectivity index (χ3n) is 3.54. The van der Waals surface area contributed by atoms with Crippen molar-refractivity contribution in [3.63, 3.8) is 0 Å². The van der Waals surface area contributed by atoms with Crippen molar-refractivity contribution in [1.29, 1.82) is 0 Å². The van der Waals surface area contributed by atoms with E-state index in [0.29, 0.717) is 6.04 Å². The molecule has 1 saturated heterocycles. The number of rotatable bonds is 5. The minimum absolute atomic E-state index is 0.583. The van der Waals surface area contributed by atoms with Crippen molar-refractivity contribution in [2.45, 2.75) is 26.3 Å². The summed E-state index contributed by atoms with van der Waals surface area (Å²) >= 11 is 0. The maximum atomic E-state index is 5.19. The van der Waals surface area contributed by atoms with Gasteiger partial charge < -0.3 is 15.0 Å². The topological polar surface area (TPSA) is 24.5 Å². The maximum Gasteiger partial charge on any atom is 0.119 e. The fourth-order valence-electron chi connectivity index (χ4n) is 2.43. The summed E-state index contributed by atoms with van der Waals surface area (Å²) in [5, 5.41) is 3.53. The van der Waals surface area contributed by atoms with Gasteiger partial charge in [0.2, 0.25) is 0 Å². The Bertz CT molecular complexity index is 361. The van der Waals surface area contributed by atoms with Gasteiger partial charge >= 0.3 is 0 Å². The average molecular weight is 248 g/mol. The number of anilines is 1. The summed E-state index contributed by atoms with van der Waals surface area (Å²) in [5.41, 5.74) is 1.31. The standard InChI is InChI=1S/C15H24N2O/c1-12(2)16-10-13-8-9-17(11-13)14-4-6-15(18-3)7-5-14/h4-7,12-13,16H,8-11H2,1-3H3. The van der Waals surface area contributed by atoms with Crippen LogP contribution in [0.5, 0.6) is 5.75 Å². The molecule has 1 unspecified atom stereocenters. The number of nitrogens with one attached hydrogen (secondary N) is 1. The van der Waals surface area contributed by atoms with Gasteiger partial charge in [-0.05, 0) is 43.1 Å². The summed E-state index contributed by atoms with van der Waals surface area (Å²) in [4.78, 5) is 2.46. The molecule has 3 heteroatoms. The van der Waals surface area contributed by atoms with Crippen molar-refractivity contribution < 1.29 is 4.74 Å². The molecule has 100 valence electrons. The van der Waals surface area contributed by atoms with Crippen LogP contribution in [0.25, 0.3) is 0 Å². The van der Waals surface area contributed by atoms with E-state index < -0.39 is 0 Å². The summed E-state index contributed by atoms with van der Waals surface area (Å²) in [7, 11) is 1.71. The summed E-state index contributed by atoms with van der Waals surface area (Å²) in [5.74, 6) is 1.70. The summed E-state index contributed by atoms with van der Waals surface area (Å²) < 4.78 is 5.19. The molecular weight excluding hydrogens is 224 g/mol. The highest BCUT2D eigenvalue weighted by Gasteiger charge is 2.22. The summed E-state index contributed by atoms with van der Waals surface area (Å²) in [6.45, 7) is 7.86. The predicted molar refractivity (Wildman–Crippen MR) is 76.5 cm³/mol. The Labute approximate surface area is 110 Å². The minimum Gasteiger partial charge on any atom is -0.497 e. The highest BCUT2D eigenvalue weighted by molar-refractivity contribution is 5.49. The second kappa shape index (κ2) is 6.10.